The number of nitrogens with zero attached hydrogens (tertiary/aromatic N) is 1. The van der Waals surface area contributed by atoms with Crippen LogP contribution in [0.3, 0.4) is 0 Å². The summed E-state index contributed by atoms with van der Waals surface area (Å²) in [5.74, 6) is 1.55. The molecule has 1 aromatic carbocycles. The van der Waals surface area contributed by atoms with Crippen LogP contribution in [0.25, 0.3) is 0 Å². The van der Waals surface area contributed by atoms with E-state index in [9.17, 15) is 4.79 Å². The zero-order valence-corrected chi connectivity index (χ0v) is 11.3. The van der Waals surface area contributed by atoms with Crippen molar-refractivity contribution in [2.45, 2.75) is 13.3 Å². The third kappa shape index (κ3) is 2.32. The first-order valence-corrected chi connectivity index (χ1v) is 7.01. The highest BCUT2D eigenvalue weighted by atomic mass is 16.5. The number of nitrogens with one attached hydrogen (secondary N) is 1. The monoisotopic (exact) mass is 260 g/mol. The highest BCUT2D eigenvalue weighted by molar-refractivity contribution is 5.97. The van der Waals surface area contributed by atoms with Crippen LogP contribution in [-0.4, -0.2) is 32.1 Å². The fourth-order valence-electron chi connectivity index (χ4n) is 2.90. The van der Waals surface area contributed by atoms with Crippen LogP contribution in [0.4, 0.5) is 5.69 Å². The van der Waals surface area contributed by atoms with Crippen LogP contribution < -0.4 is 15.0 Å². The van der Waals surface area contributed by atoms with Gasteiger partial charge in [-0.15, -0.1) is 0 Å². The first-order valence-electron chi connectivity index (χ1n) is 7.01. The molecule has 2 aliphatic heterocycles. The Kier molecular flexibility index (Phi) is 3.42. The molecule has 1 N–H and O–H groups in total. The fraction of sp³-hybridized carbons (Fsp3) is 0.533. The lowest BCUT2D eigenvalue weighted by Crippen LogP contribution is -2.39. The summed E-state index contributed by atoms with van der Waals surface area (Å²) in [7, 11) is 0. The molecule has 4 nitrogen and oxygen atoms in total. The van der Waals surface area contributed by atoms with Crippen molar-refractivity contribution >= 4 is 11.6 Å². The first kappa shape index (κ1) is 12.5. The van der Waals surface area contributed by atoms with Crippen LogP contribution in [0, 0.1) is 11.8 Å². The van der Waals surface area contributed by atoms with Gasteiger partial charge in [-0.25, -0.2) is 0 Å². The van der Waals surface area contributed by atoms with Gasteiger partial charge in [-0.2, -0.15) is 0 Å². The summed E-state index contributed by atoms with van der Waals surface area (Å²) in [6, 6.07) is 7.83. The number of hydrogen-bond acceptors (Lipinski definition) is 3. The second-order valence-corrected chi connectivity index (χ2v) is 5.40. The van der Waals surface area contributed by atoms with Crippen molar-refractivity contribution in [3.05, 3.63) is 24.3 Å². The molecule has 0 aliphatic carbocycles. The molecule has 2 unspecified atom stereocenters. The molecule has 19 heavy (non-hydrogen) atoms. The number of benzene rings is 1. The number of rotatable bonds is 1. The molecule has 4 heteroatoms. The van der Waals surface area contributed by atoms with Crippen LogP contribution in [-0.2, 0) is 4.79 Å². The van der Waals surface area contributed by atoms with Gasteiger partial charge in [-0.05, 0) is 31.0 Å². The number of amides is 1. The van der Waals surface area contributed by atoms with Crippen molar-refractivity contribution in [3.8, 4) is 5.75 Å². The van der Waals surface area contributed by atoms with E-state index in [1.807, 2.05) is 29.2 Å². The predicted molar refractivity (Wildman–Crippen MR) is 74.4 cm³/mol. The SMILES string of the molecule is CC1CNCC1C(=O)N1CCCOc2ccccc21. The van der Waals surface area contributed by atoms with Crippen LogP contribution >= 0.6 is 0 Å². The number of hydrogen-bond donors (Lipinski definition) is 1. The van der Waals surface area contributed by atoms with Crippen molar-refractivity contribution in [1.82, 2.24) is 5.32 Å². The molecular weight excluding hydrogens is 240 g/mol. The number of para-hydroxylation sites is 2. The Bertz CT molecular complexity index is 475. The largest absolute Gasteiger partial charge is 0.491 e. The van der Waals surface area contributed by atoms with E-state index < -0.39 is 0 Å². The summed E-state index contributed by atoms with van der Waals surface area (Å²) < 4.78 is 5.71. The van der Waals surface area contributed by atoms with Crippen molar-refractivity contribution in [1.29, 1.82) is 0 Å². The van der Waals surface area contributed by atoms with Crippen LogP contribution in [0.5, 0.6) is 5.75 Å². The van der Waals surface area contributed by atoms with E-state index in [1.165, 1.54) is 0 Å². The maximum absolute atomic E-state index is 12.8. The Morgan fingerprint density at radius 2 is 2.21 bits per heavy atom. The van der Waals surface area contributed by atoms with Gasteiger partial charge < -0.3 is 15.0 Å². The number of fused-ring (bicyclic) bond motifs is 1. The molecule has 2 aliphatic rings. The van der Waals surface area contributed by atoms with Gasteiger partial charge in [0.1, 0.15) is 5.75 Å². The lowest BCUT2D eigenvalue weighted by Gasteiger charge is -2.26. The molecule has 3 rings (SSSR count). The van der Waals surface area contributed by atoms with Gasteiger partial charge in [-0.1, -0.05) is 19.1 Å². The van der Waals surface area contributed by atoms with Gasteiger partial charge in [0.15, 0.2) is 0 Å². The molecule has 0 bridgehead atoms. The van der Waals surface area contributed by atoms with Gasteiger partial charge in [-0.3, -0.25) is 4.79 Å². The highest BCUT2D eigenvalue weighted by Gasteiger charge is 2.34. The zero-order valence-electron chi connectivity index (χ0n) is 11.3. The second kappa shape index (κ2) is 5.21. The molecule has 1 fully saturated rings. The van der Waals surface area contributed by atoms with Crippen LogP contribution in [0.2, 0.25) is 0 Å². The minimum Gasteiger partial charge on any atom is -0.491 e. The Morgan fingerprint density at radius 3 is 3.00 bits per heavy atom. The lowest BCUT2D eigenvalue weighted by molar-refractivity contribution is -0.122. The maximum atomic E-state index is 12.8. The van der Waals surface area contributed by atoms with Crippen molar-refractivity contribution < 1.29 is 9.53 Å². The van der Waals surface area contributed by atoms with Crippen LogP contribution in [0.1, 0.15) is 13.3 Å². The molecule has 2 heterocycles. The van der Waals surface area contributed by atoms with E-state index in [4.69, 9.17) is 4.74 Å². The fourth-order valence-corrected chi connectivity index (χ4v) is 2.90. The summed E-state index contributed by atoms with van der Waals surface area (Å²) in [5, 5.41) is 3.30. The quantitative estimate of drug-likeness (QED) is 0.835. The minimum atomic E-state index is 0.0890. The van der Waals surface area contributed by atoms with Gasteiger partial charge in [0.2, 0.25) is 5.91 Å². The number of ether oxygens (including phenoxy) is 1. The van der Waals surface area contributed by atoms with E-state index in [1.54, 1.807) is 0 Å². The van der Waals surface area contributed by atoms with Gasteiger partial charge in [0, 0.05) is 13.1 Å². The zero-order chi connectivity index (χ0) is 13.2. The first-order chi connectivity index (χ1) is 9.27. The predicted octanol–water partition coefficient (Wildman–Crippen LogP) is 1.66. The Labute approximate surface area is 113 Å². The third-order valence-corrected chi connectivity index (χ3v) is 4.04. The van der Waals surface area contributed by atoms with E-state index in [-0.39, 0.29) is 11.8 Å². The summed E-state index contributed by atoms with van der Waals surface area (Å²) >= 11 is 0. The second-order valence-electron chi connectivity index (χ2n) is 5.40. The van der Waals surface area contributed by atoms with Crippen LogP contribution in [0.15, 0.2) is 24.3 Å². The van der Waals surface area contributed by atoms with E-state index in [0.29, 0.717) is 12.5 Å². The molecule has 102 valence electrons. The minimum absolute atomic E-state index is 0.0890. The third-order valence-electron chi connectivity index (χ3n) is 4.04. The summed E-state index contributed by atoms with van der Waals surface area (Å²) in [6.07, 6.45) is 0.884. The summed E-state index contributed by atoms with van der Waals surface area (Å²) in [6.45, 7) is 5.29. The number of anilines is 1. The number of carbonyl (C=O) groups is 1. The van der Waals surface area contributed by atoms with Gasteiger partial charge in [0.05, 0.1) is 18.2 Å². The lowest BCUT2D eigenvalue weighted by atomic mass is 9.96. The molecule has 1 aromatic rings. The Morgan fingerprint density at radius 1 is 1.37 bits per heavy atom. The average molecular weight is 260 g/mol. The normalized spacial score (nSPS) is 26.5. The van der Waals surface area contributed by atoms with Gasteiger partial charge >= 0.3 is 0 Å². The van der Waals surface area contributed by atoms with Gasteiger partial charge in [0.25, 0.3) is 0 Å². The molecule has 0 radical (unpaired) electrons. The Hall–Kier alpha value is -1.55. The average Bonchev–Trinajstić information content (AvgIpc) is 2.74. The molecule has 2 atom stereocenters. The molecule has 1 amide bonds. The highest BCUT2D eigenvalue weighted by Crippen LogP contribution is 2.32. The maximum Gasteiger partial charge on any atom is 0.231 e. The van der Waals surface area contributed by atoms with E-state index in [0.717, 1.165) is 37.5 Å². The smallest absolute Gasteiger partial charge is 0.231 e. The standard InChI is InChI=1S/C15H20N2O2/c1-11-9-16-10-12(11)15(18)17-7-4-8-19-14-6-3-2-5-13(14)17/h2-3,5-6,11-12,16H,4,7-10H2,1H3. The van der Waals surface area contributed by atoms with Crippen molar-refractivity contribution in [3.63, 3.8) is 0 Å². The summed E-state index contributed by atoms with van der Waals surface area (Å²) in [5.41, 5.74) is 0.920. The van der Waals surface area contributed by atoms with E-state index in [2.05, 4.69) is 12.2 Å². The molecule has 0 aromatic heterocycles. The molecule has 1 saturated heterocycles. The molecular formula is C15H20N2O2. The topological polar surface area (TPSA) is 41.6 Å². The molecule has 0 spiro atoms. The van der Waals surface area contributed by atoms with E-state index >= 15 is 0 Å². The molecule has 0 saturated carbocycles. The number of carbonyl (C=O) groups excluding carboxylic acids is 1. The van der Waals surface area contributed by atoms with Crippen molar-refractivity contribution in [2.24, 2.45) is 11.8 Å². The Balaban J connectivity index is 1.89. The van der Waals surface area contributed by atoms with Crippen molar-refractivity contribution in [2.75, 3.05) is 31.1 Å². The summed E-state index contributed by atoms with van der Waals surface area (Å²) in [4.78, 5) is 14.7.